The lowest BCUT2D eigenvalue weighted by Gasteiger charge is -2.24. The van der Waals surface area contributed by atoms with Crippen molar-refractivity contribution in [3.8, 4) is 0 Å². The Morgan fingerprint density at radius 3 is 2.06 bits per heavy atom. The Balaban J connectivity index is 2.92. The Morgan fingerprint density at radius 1 is 0.943 bits per heavy atom. The van der Waals surface area contributed by atoms with E-state index >= 15 is 0 Å². The van der Waals surface area contributed by atoms with E-state index in [9.17, 15) is 33.9 Å². The van der Waals surface area contributed by atoms with Gasteiger partial charge >= 0.3 is 11.9 Å². The lowest BCUT2D eigenvalue weighted by molar-refractivity contribution is -0.143. The summed E-state index contributed by atoms with van der Waals surface area (Å²) in [7, 11) is 0. The van der Waals surface area contributed by atoms with Crippen molar-refractivity contribution in [1.82, 2.24) is 25.9 Å². The molecule has 4 amide bonds. The Labute approximate surface area is 205 Å². The zero-order chi connectivity index (χ0) is 26.5. The van der Waals surface area contributed by atoms with Crippen LogP contribution in [0.25, 0.3) is 0 Å². The summed E-state index contributed by atoms with van der Waals surface area (Å²) in [5, 5.41) is 25.1. The third kappa shape index (κ3) is 10.9. The molecule has 0 bridgehead atoms. The maximum Gasteiger partial charge on any atom is 0.326 e. The number of thiol groups is 1. The van der Waals surface area contributed by atoms with Crippen molar-refractivity contribution in [2.75, 3.05) is 5.75 Å². The molecule has 0 aromatic carbocycles. The lowest BCUT2D eigenvalue weighted by atomic mass is 10.1. The van der Waals surface area contributed by atoms with Crippen molar-refractivity contribution in [1.29, 1.82) is 0 Å². The van der Waals surface area contributed by atoms with Crippen LogP contribution >= 0.6 is 12.6 Å². The van der Waals surface area contributed by atoms with Crippen LogP contribution in [-0.4, -0.2) is 85.7 Å². The number of rotatable bonds is 16. The van der Waals surface area contributed by atoms with Crippen LogP contribution in [0.1, 0.15) is 31.4 Å². The predicted octanol–water partition coefficient (Wildman–Crippen LogP) is -3.12. The van der Waals surface area contributed by atoms with E-state index in [0.29, 0.717) is 5.69 Å². The summed E-state index contributed by atoms with van der Waals surface area (Å²) < 4.78 is 0. The van der Waals surface area contributed by atoms with Gasteiger partial charge < -0.3 is 42.6 Å². The number of imidazole rings is 1. The number of H-pyrrole nitrogens is 1. The van der Waals surface area contributed by atoms with Crippen LogP contribution < -0.4 is 27.4 Å². The number of carbonyl (C=O) groups is 6. The molecule has 1 rings (SSSR count). The van der Waals surface area contributed by atoms with Gasteiger partial charge in [0.15, 0.2) is 0 Å². The first-order chi connectivity index (χ1) is 16.4. The van der Waals surface area contributed by atoms with Gasteiger partial charge in [0, 0.05) is 36.9 Å². The smallest absolute Gasteiger partial charge is 0.326 e. The number of hydrogen-bond acceptors (Lipinski definition) is 9. The average Bonchev–Trinajstić information content (AvgIpc) is 3.30. The Hall–Kier alpha value is -3.66. The van der Waals surface area contributed by atoms with Crippen molar-refractivity contribution in [3.05, 3.63) is 18.2 Å². The second-order valence-electron chi connectivity index (χ2n) is 7.53. The predicted molar refractivity (Wildman–Crippen MR) is 123 cm³/mol. The van der Waals surface area contributed by atoms with Crippen molar-refractivity contribution in [2.45, 2.75) is 56.3 Å². The number of nitrogens with two attached hydrogens (primary N) is 2. The molecule has 0 aliphatic heterocycles. The zero-order valence-electron chi connectivity index (χ0n) is 18.6. The van der Waals surface area contributed by atoms with Gasteiger partial charge in [0.1, 0.15) is 18.1 Å². The van der Waals surface area contributed by atoms with Crippen LogP contribution in [-0.2, 0) is 35.2 Å². The molecule has 1 aromatic rings. The quantitative estimate of drug-likeness (QED) is 0.1000. The number of primary amides is 1. The highest BCUT2D eigenvalue weighted by molar-refractivity contribution is 7.80. The van der Waals surface area contributed by atoms with Crippen molar-refractivity contribution >= 4 is 48.2 Å². The molecule has 35 heavy (non-hydrogen) atoms. The van der Waals surface area contributed by atoms with E-state index in [1.807, 2.05) is 0 Å². The summed E-state index contributed by atoms with van der Waals surface area (Å²) in [4.78, 5) is 77.5. The second-order valence-corrected chi connectivity index (χ2v) is 7.89. The van der Waals surface area contributed by atoms with Gasteiger partial charge in [0.25, 0.3) is 0 Å². The summed E-state index contributed by atoms with van der Waals surface area (Å²) in [5.74, 6) is -5.96. The molecule has 0 saturated heterocycles. The van der Waals surface area contributed by atoms with E-state index in [-0.39, 0.29) is 31.4 Å². The monoisotopic (exact) mass is 515 g/mol. The zero-order valence-corrected chi connectivity index (χ0v) is 19.5. The summed E-state index contributed by atoms with van der Waals surface area (Å²) in [5.41, 5.74) is 11.2. The molecular formula is C19H29N7O8S. The van der Waals surface area contributed by atoms with Gasteiger partial charge in [0.05, 0.1) is 12.4 Å². The molecule has 4 atom stereocenters. The normalized spacial score (nSPS) is 14.1. The molecule has 0 spiro atoms. The van der Waals surface area contributed by atoms with Gasteiger partial charge in [-0.25, -0.2) is 9.78 Å². The van der Waals surface area contributed by atoms with Crippen LogP contribution in [0.15, 0.2) is 12.5 Å². The van der Waals surface area contributed by atoms with Crippen molar-refractivity contribution in [3.63, 3.8) is 0 Å². The number of carboxylic acids is 2. The highest BCUT2D eigenvalue weighted by Crippen LogP contribution is 2.04. The third-order valence-electron chi connectivity index (χ3n) is 4.73. The fraction of sp³-hybridized carbons (Fsp3) is 0.526. The van der Waals surface area contributed by atoms with Gasteiger partial charge in [0.2, 0.25) is 23.6 Å². The molecule has 0 aliphatic rings. The molecule has 10 N–H and O–H groups in total. The number of nitrogens with zero attached hydrogens (tertiary/aromatic N) is 1. The number of aromatic amines is 1. The maximum absolute atomic E-state index is 12.8. The lowest BCUT2D eigenvalue weighted by Crippen LogP contribution is -2.58. The summed E-state index contributed by atoms with van der Waals surface area (Å²) in [6.07, 6.45) is 1.56. The number of aromatic nitrogens is 2. The molecule has 1 aromatic heterocycles. The molecule has 0 saturated carbocycles. The standard InChI is InChI=1S/C19H29N7O8S/c20-10(1-3-14(21)27)16(30)26-13(7-35)18(32)25-12(5-9-6-22-8-23-9)17(31)24-11(19(33)34)2-4-15(28)29/h6,8,10-13,35H,1-5,7,20H2,(H2,21,27)(H,22,23)(H,24,31)(H,25,32)(H,26,30)(H,28,29)(H,33,34). The number of aliphatic carboxylic acids is 2. The fourth-order valence-electron chi connectivity index (χ4n) is 2.80. The number of amides is 4. The number of hydrogen-bond donors (Lipinski definition) is 9. The van der Waals surface area contributed by atoms with Gasteiger partial charge in [-0.1, -0.05) is 0 Å². The van der Waals surface area contributed by atoms with Crippen LogP contribution in [0, 0.1) is 0 Å². The van der Waals surface area contributed by atoms with E-state index in [1.54, 1.807) is 0 Å². The Bertz CT molecular complexity index is 911. The summed E-state index contributed by atoms with van der Waals surface area (Å²) in [6.45, 7) is 0. The van der Waals surface area contributed by atoms with Gasteiger partial charge in [-0.3, -0.25) is 24.0 Å². The van der Waals surface area contributed by atoms with Crippen LogP contribution in [0.3, 0.4) is 0 Å². The topological polar surface area (TPSA) is 260 Å². The minimum atomic E-state index is -1.51. The molecule has 4 unspecified atom stereocenters. The maximum atomic E-state index is 12.8. The van der Waals surface area contributed by atoms with E-state index in [4.69, 9.17) is 16.6 Å². The number of nitrogens with one attached hydrogen (secondary N) is 4. The van der Waals surface area contributed by atoms with E-state index < -0.39 is 66.2 Å². The van der Waals surface area contributed by atoms with Crippen LogP contribution in [0.5, 0.6) is 0 Å². The number of carboxylic acid groups (broad SMARTS) is 2. The molecule has 15 nitrogen and oxygen atoms in total. The number of carbonyl (C=O) groups excluding carboxylic acids is 4. The highest BCUT2D eigenvalue weighted by atomic mass is 32.1. The molecular weight excluding hydrogens is 486 g/mol. The molecule has 0 fully saturated rings. The minimum absolute atomic E-state index is 0.0418. The summed E-state index contributed by atoms with van der Waals surface area (Å²) in [6, 6.07) is -5.15. The van der Waals surface area contributed by atoms with E-state index in [1.165, 1.54) is 12.5 Å². The van der Waals surface area contributed by atoms with Crippen molar-refractivity contribution in [2.24, 2.45) is 11.5 Å². The second kappa shape index (κ2) is 14.6. The van der Waals surface area contributed by atoms with Crippen LogP contribution in [0.4, 0.5) is 0 Å². The van der Waals surface area contributed by atoms with E-state index in [2.05, 4.69) is 38.5 Å². The highest BCUT2D eigenvalue weighted by Gasteiger charge is 2.30. The van der Waals surface area contributed by atoms with E-state index in [0.717, 1.165) is 0 Å². The van der Waals surface area contributed by atoms with Crippen LogP contribution in [0.2, 0.25) is 0 Å². The first-order valence-electron chi connectivity index (χ1n) is 10.4. The Morgan fingerprint density at radius 2 is 1.54 bits per heavy atom. The molecule has 0 aliphatic carbocycles. The SMILES string of the molecule is NC(=O)CCC(N)C(=O)NC(CS)C(=O)NC(Cc1cnc[nH]1)C(=O)NC(CCC(=O)O)C(=O)O. The van der Waals surface area contributed by atoms with Gasteiger partial charge in [-0.15, -0.1) is 0 Å². The molecule has 194 valence electrons. The minimum Gasteiger partial charge on any atom is -0.481 e. The molecule has 0 radical (unpaired) electrons. The first kappa shape index (κ1) is 29.4. The average molecular weight is 516 g/mol. The largest absolute Gasteiger partial charge is 0.481 e. The van der Waals surface area contributed by atoms with Gasteiger partial charge in [-0.05, 0) is 12.8 Å². The molecule has 16 heteroatoms. The molecule has 1 heterocycles. The van der Waals surface area contributed by atoms with Gasteiger partial charge in [-0.2, -0.15) is 12.6 Å². The Kier molecular flexibility index (Phi) is 12.2. The van der Waals surface area contributed by atoms with Crippen molar-refractivity contribution < 1.29 is 39.0 Å². The summed E-state index contributed by atoms with van der Waals surface area (Å²) >= 11 is 4.03. The third-order valence-corrected chi connectivity index (χ3v) is 5.09. The fourth-order valence-corrected chi connectivity index (χ4v) is 3.05. The first-order valence-corrected chi connectivity index (χ1v) is 11.1.